The van der Waals surface area contributed by atoms with E-state index >= 15 is 0 Å². The number of hydrogen-bond donors (Lipinski definition) is 1. The maximum Gasteiger partial charge on any atom is 0.224 e. The fourth-order valence-electron chi connectivity index (χ4n) is 1.90. The molecule has 1 aromatic heterocycles. The minimum Gasteiger partial charge on any atom is -0.354 e. The predicted molar refractivity (Wildman–Crippen MR) is 49.7 cm³/mol. The van der Waals surface area contributed by atoms with Crippen LogP contribution in [0.5, 0.6) is 0 Å². The third-order valence-electron chi connectivity index (χ3n) is 2.81. The van der Waals surface area contributed by atoms with Crippen molar-refractivity contribution in [2.24, 2.45) is 0 Å². The average Bonchev–Trinajstić information content (AvgIpc) is 2.94. The van der Waals surface area contributed by atoms with Crippen molar-refractivity contribution in [3.05, 3.63) is 5.82 Å². The average molecular weight is 178 g/mol. The Kier molecular flexibility index (Phi) is 1.54. The van der Waals surface area contributed by atoms with Crippen LogP contribution in [-0.4, -0.2) is 21.3 Å². The third-order valence-corrected chi connectivity index (χ3v) is 2.81. The zero-order valence-corrected chi connectivity index (χ0v) is 7.66. The fraction of sp³-hybridized carbons (Fsp3) is 0.778. The molecule has 0 unspecified atom stereocenters. The lowest BCUT2D eigenvalue weighted by Crippen LogP contribution is -2.05. The first kappa shape index (κ1) is 7.35. The predicted octanol–water partition coefficient (Wildman–Crippen LogP) is 1.36. The van der Waals surface area contributed by atoms with Gasteiger partial charge in [-0.2, -0.15) is 0 Å². The van der Waals surface area contributed by atoms with E-state index < -0.39 is 0 Å². The van der Waals surface area contributed by atoms with Gasteiger partial charge in [-0.3, -0.25) is 4.57 Å². The van der Waals surface area contributed by atoms with E-state index in [4.69, 9.17) is 0 Å². The second-order valence-corrected chi connectivity index (χ2v) is 3.94. The molecule has 1 aliphatic carbocycles. The molecule has 1 aromatic rings. The molecule has 0 radical (unpaired) electrons. The Morgan fingerprint density at radius 2 is 2.15 bits per heavy atom. The Bertz CT molecular complexity index is 313. The van der Waals surface area contributed by atoms with Gasteiger partial charge in [0.2, 0.25) is 5.95 Å². The SMILES string of the molecule is C1CCn2c(nnc2C2CC2)NC1. The molecule has 3 rings (SSSR count). The molecule has 4 nitrogen and oxygen atoms in total. The number of rotatable bonds is 1. The zero-order chi connectivity index (χ0) is 8.67. The summed E-state index contributed by atoms with van der Waals surface area (Å²) >= 11 is 0. The van der Waals surface area contributed by atoms with E-state index in [9.17, 15) is 0 Å². The first-order chi connectivity index (χ1) is 6.45. The Morgan fingerprint density at radius 3 is 3.00 bits per heavy atom. The van der Waals surface area contributed by atoms with E-state index in [1.54, 1.807) is 0 Å². The van der Waals surface area contributed by atoms with Crippen LogP contribution in [0.25, 0.3) is 0 Å². The van der Waals surface area contributed by atoms with Gasteiger partial charge in [-0.25, -0.2) is 0 Å². The Balaban J connectivity index is 1.98. The van der Waals surface area contributed by atoms with Gasteiger partial charge in [0.25, 0.3) is 0 Å². The molecule has 4 heteroatoms. The van der Waals surface area contributed by atoms with Crippen molar-refractivity contribution in [1.82, 2.24) is 14.8 Å². The number of nitrogens with one attached hydrogen (secondary N) is 1. The lowest BCUT2D eigenvalue weighted by molar-refractivity contribution is 0.623. The maximum absolute atomic E-state index is 4.25. The molecule has 1 aliphatic heterocycles. The summed E-state index contributed by atoms with van der Waals surface area (Å²) in [7, 11) is 0. The van der Waals surface area contributed by atoms with Crippen molar-refractivity contribution in [3.63, 3.8) is 0 Å². The molecule has 1 saturated carbocycles. The summed E-state index contributed by atoms with van der Waals surface area (Å²) in [4.78, 5) is 0. The van der Waals surface area contributed by atoms with E-state index in [-0.39, 0.29) is 0 Å². The van der Waals surface area contributed by atoms with Crippen molar-refractivity contribution in [3.8, 4) is 0 Å². The van der Waals surface area contributed by atoms with Gasteiger partial charge < -0.3 is 5.32 Å². The van der Waals surface area contributed by atoms with E-state index in [2.05, 4.69) is 20.1 Å². The van der Waals surface area contributed by atoms with Crippen molar-refractivity contribution in [1.29, 1.82) is 0 Å². The summed E-state index contributed by atoms with van der Waals surface area (Å²) in [6.07, 6.45) is 5.10. The third kappa shape index (κ3) is 1.20. The molecule has 0 spiro atoms. The van der Waals surface area contributed by atoms with Gasteiger partial charge >= 0.3 is 0 Å². The molecule has 0 amide bonds. The Morgan fingerprint density at radius 1 is 1.23 bits per heavy atom. The summed E-state index contributed by atoms with van der Waals surface area (Å²) in [6.45, 7) is 2.14. The minimum atomic E-state index is 0.709. The second-order valence-electron chi connectivity index (χ2n) is 3.94. The summed E-state index contributed by atoms with van der Waals surface area (Å²) in [6, 6.07) is 0. The molecule has 2 aliphatic rings. The van der Waals surface area contributed by atoms with Crippen LogP contribution >= 0.6 is 0 Å². The first-order valence-electron chi connectivity index (χ1n) is 5.12. The smallest absolute Gasteiger partial charge is 0.224 e. The van der Waals surface area contributed by atoms with Gasteiger partial charge in [-0.15, -0.1) is 10.2 Å². The van der Waals surface area contributed by atoms with Crippen molar-refractivity contribution in [2.75, 3.05) is 11.9 Å². The Labute approximate surface area is 77.4 Å². The summed E-state index contributed by atoms with van der Waals surface area (Å²) in [5, 5.41) is 11.7. The monoisotopic (exact) mass is 178 g/mol. The van der Waals surface area contributed by atoms with Gasteiger partial charge in [0.15, 0.2) is 0 Å². The number of hydrogen-bond acceptors (Lipinski definition) is 3. The summed E-state index contributed by atoms with van der Waals surface area (Å²) in [5.41, 5.74) is 0. The molecule has 13 heavy (non-hydrogen) atoms. The van der Waals surface area contributed by atoms with Gasteiger partial charge in [0.1, 0.15) is 5.82 Å². The minimum absolute atomic E-state index is 0.709. The Hall–Kier alpha value is -1.06. The lowest BCUT2D eigenvalue weighted by Gasteiger charge is -2.04. The van der Waals surface area contributed by atoms with Crippen molar-refractivity contribution < 1.29 is 0 Å². The maximum atomic E-state index is 4.25. The highest BCUT2D eigenvalue weighted by atomic mass is 15.4. The molecular weight excluding hydrogens is 164 g/mol. The molecule has 0 atom stereocenters. The van der Waals surface area contributed by atoms with Gasteiger partial charge in [0.05, 0.1) is 0 Å². The number of nitrogens with zero attached hydrogens (tertiary/aromatic N) is 3. The molecule has 0 saturated heterocycles. The topological polar surface area (TPSA) is 42.7 Å². The van der Waals surface area contributed by atoms with Crippen LogP contribution in [0.2, 0.25) is 0 Å². The lowest BCUT2D eigenvalue weighted by atomic mass is 10.3. The van der Waals surface area contributed by atoms with E-state index in [1.807, 2.05) is 0 Å². The van der Waals surface area contributed by atoms with Crippen LogP contribution in [0.15, 0.2) is 0 Å². The zero-order valence-electron chi connectivity index (χ0n) is 7.66. The molecular formula is C9H14N4. The summed E-state index contributed by atoms with van der Waals surface area (Å²) < 4.78 is 2.27. The molecule has 0 bridgehead atoms. The van der Waals surface area contributed by atoms with Crippen LogP contribution in [0.1, 0.15) is 37.4 Å². The van der Waals surface area contributed by atoms with Crippen LogP contribution in [0, 0.1) is 0 Å². The van der Waals surface area contributed by atoms with E-state index in [0.29, 0.717) is 5.92 Å². The van der Waals surface area contributed by atoms with Crippen molar-refractivity contribution in [2.45, 2.75) is 38.1 Å². The largest absolute Gasteiger partial charge is 0.354 e. The highest BCUT2D eigenvalue weighted by molar-refractivity contribution is 5.28. The molecule has 1 fully saturated rings. The number of anilines is 1. The van der Waals surface area contributed by atoms with E-state index in [1.165, 1.54) is 31.5 Å². The van der Waals surface area contributed by atoms with Gasteiger partial charge in [-0.1, -0.05) is 0 Å². The highest BCUT2D eigenvalue weighted by Gasteiger charge is 2.30. The quantitative estimate of drug-likeness (QED) is 0.706. The molecule has 0 aromatic carbocycles. The molecule has 2 heterocycles. The van der Waals surface area contributed by atoms with Gasteiger partial charge in [0, 0.05) is 19.0 Å². The normalized spacial score (nSPS) is 21.8. The van der Waals surface area contributed by atoms with Gasteiger partial charge in [-0.05, 0) is 25.7 Å². The second kappa shape index (κ2) is 2.72. The van der Waals surface area contributed by atoms with Crippen LogP contribution < -0.4 is 5.32 Å². The summed E-state index contributed by atoms with van der Waals surface area (Å²) in [5.74, 6) is 2.91. The number of aromatic nitrogens is 3. The van der Waals surface area contributed by atoms with Crippen LogP contribution in [0.4, 0.5) is 5.95 Å². The highest BCUT2D eigenvalue weighted by Crippen LogP contribution is 2.39. The van der Waals surface area contributed by atoms with Crippen LogP contribution in [-0.2, 0) is 6.54 Å². The molecule has 70 valence electrons. The fourth-order valence-corrected chi connectivity index (χ4v) is 1.90. The van der Waals surface area contributed by atoms with E-state index in [0.717, 1.165) is 19.0 Å². The van der Waals surface area contributed by atoms with Crippen molar-refractivity contribution >= 4 is 5.95 Å². The standard InChI is InChI=1S/C9H14N4/c1-2-6-13-8(7-3-4-7)11-12-9(13)10-5-1/h7H,1-6H2,(H,10,12). The van der Waals surface area contributed by atoms with Crippen LogP contribution in [0.3, 0.4) is 0 Å². The number of fused-ring (bicyclic) bond motifs is 1. The first-order valence-corrected chi connectivity index (χ1v) is 5.12. The molecule has 1 N–H and O–H groups in total.